The number of rotatable bonds is 5. The quantitative estimate of drug-likeness (QED) is 0.625. The summed E-state index contributed by atoms with van der Waals surface area (Å²) in [6.07, 6.45) is 2.53. The Morgan fingerprint density at radius 1 is 1.35 bits per heavy atom. The fourth-order valence-corrected chi connectivity index (χ4v) is 1.89. The minimum atomic E-state index is 0.358. The Morgan fingerprint density at radius 2 is 2.15 bits per heavy atom. The molecular formula is C13H17N7. The SMILES string of the molecule is NC(=NCc1nnnn1CC1CC1)Nc1ccccc1. The third-order valence-electron chi connectivity index (χ3n) is 3.17. The molecule has 3 rings (SSSR count). The molecule has 1 aromatic carbocycles. The van der Waals surface area contributed by atoms with Crippen LogP contribution in [0.15, 0.2) is 35.3 Å². The molecule has 20 heavy (non-hydrogen) atoms. The van der Waals surface area contributed by atoms with E-state index in [-0.39, 0.29) is 0 Å². The second kappa shape index (κ2) is 5.68. The van der Waals surface area contributed by atoms with Crippen LogP contribution in [-0.2, 0) is 13.1 Å². The van der Waals surface area contributed by atoms with Crippen molar-refractivity contribution in [1.29, 1.82) is 0 Å². The first-order valence-corrected chi connectivity index (χ1v) is 6.68. The molecule has 0 spiro atoms. The van der Waals surface area contributed by atoms with Gasteiger partial charge in [0.1, 0.15) is 6.54 Å². The molecule has 7 heteroatoms. The molecule has 104 valence electrons. The minimum absolute atomic E-state index is 0.358. The lowest BCUT2D eigenvalue weighted by Crippen LogP contribution is -2.22. The maximum absolute atomic E-state index is 5.85. The molecule has 1 saturated carbocycles. The van der Waals surface area contributed by atoms with Gasteiger partial charge in [-0.25, -0.2) is 9.67 Å². The van der Waals surface area contributed by atoms with Crippen LogP contribution in [0.3, 0.4) is 0 Å². The number of nitrogens with two attached hydrogens (primary N) is 1. The highest BCUT2D eigenvalue weighted by Crippen LogP contribution is 2.30. The van der Waals surface area contributed by atoms with E-state index in [1.54, 1.807) is 0 Å². The van der Waals surface area contributed by atoms with Gasteiger partial charge in [0.25, 0.3) is 0 Å². The van der Waals surface area contributed by atoms with Crippen molar-refractivity contribution in [3.05, 3.63) is 36.2 Å². The van der Waals surface area contributed by atoms with Crippen molar-refractivity contribution >= 4 is 11.6 Å². The third kappa shape index (κ3) is 3.31. The van der Waals surface area contributed by atoms with Gasteiger partial charge in [-0.2, -0.15) is 0 Å². The van der Waals surface area contributed by atoms with Gasteiger partial charge in [0.2, 0.25) is 0 Å². The lowest BCUT2D eigenvalue weighted by atomic mass is 10.3. The van der Waals surface area contributed by atoms with Crippen LogP contribution in [0, 0.1) is 5.92 Å². The van der Waals surface area contributed by atoms with Crippen molar-refractivity contribution in [3.8, 4) is 0 Å². The zero-order valence-corrected chi connectivity index (χ0v) is 11.1. The third-order valence-corrected chi connectivity index (χ3v) is 3.17. The molecule has 0 saturated heterocycles. The van der Waals surface area contributed by atoms with E-state index >= 15 is 0 Å². The van der Waals surface area contributed by atoms with Crippen molar-refractivity contribution in [3.63, 3.8) is 0 Å². The molecule has 0 bridgehead atoms. The first-order chi connectivity index (χ1) is 9.81. The van der Waals surface area contributed by atoms with Gasteiger partial charge in [0.05, 0.1) is 0 Å². The van der Waals surface area contributed by atoms with Gasteiger partial charge in [-0.15, -0.1) is 5.10 Å². The lowest BCUT2D eigenvalue weighted by Gasteiger charge is -2.05. The molecule has 3 N–H and O–H groups in total. The van der Waals surface area contributed by atoms with Gasteiger partial charge < -0.3 is 11.1 Å². The number of aromatic nitrogens is 4. The number of para-hydroxylation sites is 1. The molecule has 0 unspecified atom stereocenters. The number of nitrogens with zero attached hydrogens (tertiary/aromatic N) is 5. The predicted octanol–water partition coefficient (Wildman–Crippen LogP) is 1.01. The summed E-state index contributed by atoms with van der Waals surface area (Å²) in [4.78, 5) is 4.27. The molecule has 1 heterocycles. The number of benzene rings is 1. The van der Waals surface area contributed by atoms with Crippen LogP contribution >= 0.6 is 0 Å². The van der Waals surface area contributed by atoms with E-state index in [9.17, 15) is 0 Å². The average Bonchev–Trinajstić information content (AvgIpc) is 3.16. The average molecular weight is 271 g/mol. The predicted molar refractivity (Wildman–Crippen MR) is 75.9 cm³/mol. The monoisotopic (exact) mass is 271 g/mol. The number of anilines is 1. The smallest absolute Gasteiger partial charge is 0.193 e. The number of hydrogen-bond acceptors (Lipinski definition) is 4. The Hall–Kier alpha value is -2.44. The van der Waals surface area contributed by atoms with Crippen molar-refractivity contribution in [2.45, 2.75) is 25.9 Å². The summed E-state index contributed by atoms with van der Waals surface area (Å²) in [7, 11) is 0. The second-order valence-electron chi connectivity index (χ2n) is 4.91. The van der Waals surface area contributed by atoms with Crippen LogP contribution in [0.2, 0.25) is 0 Å². The second-order valence-corrected chi connectivity index (χ2v) is 4.91. The summed E-state index contributed by atoms with van der Waals surface area (Å²) in [6, 6.07) is 9.68. The number of guanidine groups is 1. The Bertz CT molecular complexity index is 586. The van der Waals surface area contributed by atoms with Gasteiger partial charge in [-0.3, -0.25) is 0 Å². The molecule has 0 atom stereocenters. The van der Waals surface area contributed by atoms with E-state index in [0.717, 1.165) is 24.0 Å². The number of hydrogen-bond donors (Lipinski definition) is 2. The fourth-order valence-electron chi connectivity index (χ4n) is 1.89. The van der Waals surface area contributed by atoms with Crippen LogP contribution < -0.4 is 11.1 Å². The summed E-state index contributed by atoms with van der Waals surface area (Å²) in [5.74, 6) is 1.83. The Labute approximate surface area is 116 Å². The topological polar surface area (TPSA) is 94.0 Å². The van der Waals surface area contributed by atoms with E-state index in [2.05, 4.69) is 25.8 Å². The maximum atomic E-state index is 5.85. The van der Waals surface area contributed by atoms with Crippen molar-refractivity contribution < 1.29 is 0 Å². The normalized spacial score (nSPS) is 15.3. The molecule has 1 aliphatic rings. The Morgan fingerprint density at radius 3 is 2.90 bits per heavy atom. The molecule has 1 fully saturated rings. The van der Waals surface area contributed by atoms with Crippen molar-refractivity contribution in [1.82, 2.24) is 20.2 Å². The highest BCUT2D eigenvalue weighted by molar-refractivity contribution is 5.92. The van der Waals surface area contributed by atoms with Crippen LogP contribution in [0.1, 0.15) is 18.7 Å². The molecular weight excluding hydrogens is 254 g/mol. The lowest BCUT2D eigenvalue weighted by molar-refractivity contribution is 0.524. The highest BCUT2D eigenvalue weighted by atomic mass is 15.5. The summed E-state index contributed by atoms with van der Waals surface area (Å²) in [5.41, 5.74) is 6.76. The van der Waals surface area contributed by atoms with E-state index in [1.165, 1.54) is 12.8 Å². The summed E-state index contributed by atoms with van der Waals surface area (Å²) in [6.45, 7) is 1.26. The molecule has 1 aromatic heterocycles. The van der Waals surface area contributed by atoms with Crippen LogP contribution in [0.25, 0.3) is 0 Å². The molecule has 1 aliphatic carbocycles. The van der Waals surface area contributed by atoms with Crippen molar-refractivity contribution in [2.24, 2.45) is 16.6 Å². The number of aliphatic imine (C=N–C) groups is 1. The van der Waals surface area contributed by atoms with Gasteiger partial charge in [0, 0.05) is 12.2 Å². The summed E-state index contributed by atoms with van der Waals surface area (Å²) >= 11 is 0. The van der Waals surface area contributed by atoms with E-state index in [4.69, 9.17) is 5.73 Å². The standard InChI is InChI=1S/C13H17N7/c14-13(16-11-4-2-1-3-5-11)15-8-12-17-18-19-20(12)9-10-6-7-10/h1-5,10H,6-9H2,(H3,14,15,16). The molecule has 0 aliphatic heterocycles. The summed E-state index contributed by atoms with van der Waals surface area (Å²) in [5, 5.41) is 14.7. The van der Waals surface area contributed by atoms with Crippen molar-refractivity contribution in [2.75, 3.05) is 5.32 Å². The van der Waals surface area contributed by atoms with E-state index < -0.39 is 0 Å². The van der Waals surface area contributed by atoms with Crippen LogP contribution in [-0.4, -0.2) is 26.2 Å². The molecule has 0 amide bonds. The zero-order chi connectivity index (χ0) is 13.8. The molecule has 7 nitrogen and oxygen atoms in total. The Balaban J connectivity index is 1.60. The van der Waals surface area contributed by atoms with E-state index in [1.807, 2.05) is 35.0 Å². The van der Waals surface area contributed by atoms with Crippen LogP contribution in [0.4, 0.5) is 5.69 Å². The van der Waals surface area contributed by atoms with E-state index in [0.29, 0.717) is 12.5 Å². The first-order valence-electron chi connectivity index (χ1n) is 6.68. The number of tetrazole rings is 1. The fraction of sp³-hybridized carbons (Fsp3) is 0.385. The Kier molecular flexibility index (Phi) is 3.58. The molecule has 0 radical (unpaired) electrons. The zero-order valence-electron chi connectivity index (χ0n) is 11.1. The summed E-state index contributed by atoms with van der Waals surface area (Å²) < 4.78 is 1.82. The minimum Gasteiger partial charge on any atom is -0.370 e. The molecule has 2 aromatic rings. The van der Waals surface area contributed by atoms with Gasteiger partial charge in [-0.1, -0.05) is 18.2 Å². The maximum Gasteiger partial charge on any atom is 0.193 e. The largest absolute Gasteiger partial charge is 0.370 e. The van der Waals surface area contributed by atoms with Gasteiger partial charge >= 0.3 is 0 Å². The van der Waals surface area contributed by atoms with Gasteiger partial charge in [0.15, 0.2) is 11.8 Å². The number of nitrogens with one attached hydrogen (secondary N) is 1. The van der Waals surface area contributed by atoms with Crippen LogP contribution in [0.5, 0.6) is 0 Å². The first kappa shape index (κ1) is 12.6. The van der Waals surface area contributed by atoms with Gasteiger partial charge in [-0.05, 0) is 41.3 Å². The highest BCUT2D eigenvalue weighted by Gasteiger charge is 2.23.